The zero-order chi connectivity index (χ0) is 13.4. The Balaban J connectivity index is 2.50. The molecule has 0 aromatic heterocycles. The van der Waals surface area contributed by atoms with Crippen LogP contribution in [0.25, 0.3) is 0 Å². The van der Waals surface area contributed by atoms with Crippen molar-refractivity contribution in [1.29, 1.82) is 0 Å². The van der Waals surface area contributed by atoms with Gasteiger partial charge in [-0.1, -0.05) is 25.1 Å². The Kier molecular flexibility index (Phi) is 6.76. The van der Waals surface area contributed by atoms with Gasteiger partial charge in [-0.3, -0.25) is 0 Å². The summed E-state index contributed by atoms with van der Waals surface area (Å²) in [6.07, 6.45) is 1.02. The Labute approximate surface area is 110 Å². The Hall–Kier alpha value is -1.06. The minimum atomic E-state index is 0.463. The highest BCUT2D eigenvalue weighted by molar-refractivity contribution is 5.33. The van der Waals surface area contributed by atoms with Crippen LogP contribution >= 0.6 is 0 Å². The molecule has 3 nitrogen and oxygen atoms in total. The van der Waals surface area contributed by atoms with Crippen molar-refractivity contribution >= 4 is 0 Å². The van der Waals surface area contributed by atoms with Gasteiger partial charge in [-0.25, -0.2) is 0 Å². The molecule has 18 heavy (non-hydrogen) atoms. The maximum absolute atomic E-state index is 5.38. The van der Waals surface area contributed by atoms with Crippen LogP contribution in [0.3, 0.4) is 0 Å². The lowest BCUT2D eigenvalue weighted by Crippen LogP contribution is -2.35. The number of hydrogen-bond acceptors (Lipinski definition) is 3. The van der Waals surface area contributed by atoms with Crippen LogP contribution in [0.1, 0.15) is 19.4 Å². The summed E-state index contributed by atoms with van der Waals surface area (Å²) in [6, 6.07) is 8.69. The van der Waals surface area contributed by atoms with E-state index in [9.17, 15) is 0 Å². The predicted molar refractivity (Wildman–Crippen MR) is 75.2 cm³/mol. The molecule has 0 saturated carbocycles. The van der Waals surface area contributed by atoms with E-state index in [1.165, 1.54) is 5.56 Å². The molecule has 0 amide bonds. The third-order valence-electron chi connectivity index (χ3n) is 3.36. The summed E-state index contributed by atoms with van der Waals surface area (Å²) in [4.78, 5) is 0. The number of nitrogens with one attached hydrogen (secondary N) is 1. The van der Waals surface area contributed by atoms with E-state index in [-0.39, 0.29) is 0 Å². The fraction of sp³-hybridized carbons (Fsp3) is 0.600. The van der Waals surface area contributed by atoms with Gasteiger partial charge in [-0.05, 0) is 30.9 Å². The molecule has 0 spiro atoms. The van der Waals surface area contributed by atoms with Crippen molar-refractivity contribution < 1.29 is 9.47 Å². The summed E-state index contributed by atoms with van der Waals surface area (Å²) in [5, 5.41) is 3.48. The number of para-hydroxylation sites is 1. The first-order chi connectivity index (χ1) is 8.69. The van der Waals surface area contributed by atoms with Gasteiger partial charge in [0.2, 0.25) is 0 Å². The smallest absolute Gasteiger partial charge is 0.122 e. The van der Waals surface area contributed by atoms with Crippen molar-refractivity contribution in [3.8, 4) is 5.75 Å². The van der Waals surface area contributed by atoms with Crippen molar-refractivity contribution in [1.82, 2.24) is 5.32 Å². The summed E-state index contributed by atoms with van der Waals surface area (Å²) in [5.41, 5.74) is 1.27. The van der Waals surface area contributed by atoms with Gasteiger partial charge in [0, 0.05) is 19.7 Å². The van der Waals surface area contributed by atoms with Gasteiger partial charge in [-0.2, -0.15) is 0 Å². The zero-order valence-corrected chi connectivity index (χ0v) is 11.9. The maximum atomic E-state index is 5.38. The first-order valence-electron chi connectivity index (χ1n) is 6.53. The summed E-state index contributed by atoms with van der Waals surface area (Å²) in [6.45, 7) is 6.13. The van der Waals surface area contributed by atoms with Crippen LogP contribution < -0.4 is 10.1 Å². The Morgan fingerprint density at radius 1 is 1.17 bits per heavy atom. The average molecular weight is 251 g/mol. The molecule has 1 rings (SSSR count). The van der Waals surface area contributed by atoms with Gasteiger partial charge in [0.15, 0.2) is 0 Å². The highest BCUT2D eigenvalue weighted by Crippen LogP contribution is 2.22. The fourth-order valence-electron chi connectivity index (χ4n) is 1.99. The van der Waals surface area contributed by atoms with Crippen LogP contribution in [0.4, 0.5) is 0 Å². The van der Waals surface area contributed by atoms with Crippen LogP contribution in [0.5, 0.6) is 5.75 Å². The van der Waals surface area contributed by atoms with Gasteiger partial charge in [0.05, 0.1) is 13.7 Å². The van der Waals surface area contributed by atoms with E-state index in [1.54, 1.807) is 14.2 Å². The standard InChI is InChI=1S/C15H25NO2/c1-12(13(2)16-9-10-17-3)11-14-7-5-6-8-15(14)18-4/h5-8,12-13,16H,9-11H2,1-4H3. The zero-order valence-electron chi connectivity index (χ0n) is 11.9. The first kappa shape index (κ1) is 15.0. The molecule has 1 aromatic carbocycles. The van der Waals surface area contributed by atoms with Gasteiger partial charge in [0.1, 0.15) is 5.75 Å². The molecular formula is C15H25NO2. The molecule has 0 saturated heterocycles. The number of ether oxygens (including phenoxy) is 2. The summed E-state index contributed by atoms with van der Waals surface area (Å²) in [7, 11) is 3.45. The van der Waals surface area contributed by atoms with Crippen LogP contribution in [0.2, 0.25) is 0 Å². The molecule has 0 heterocycles. The Morgan fingerprint density at radius 2 is 1.89 bits per heavy atom. The van der Waals surface area contributed by atoms with E-state index in [0.717, 1.165) is 25.3 Å². The molecule has 0 aliphatic rings. The minimum Gasteiger partial charge on any atom is -0.496 e. The highest BCUT2D eigenvalue weighted by atomic mass is 16.5. The van der Waals surface area contributed by atoms with E-state index >= 15 is 0 Å². The van der Waals surface area contributed by atoms with E-state index in [2.05, 4.69) is 31.3 Å². The van der Waals surface area contributed by atoms with Crippen LogP contribution in [-0.2, 0) is 11.2 Å². The van der Waals surface area contributed by atoms with Gasteiger partial charge >= 0.3 is 0 Å². The topological polar surface area (TPSA) is 30.5 Å². The van der Waals surface area contributed by atoms with Gasteiger partial charge in [0.25, 0.3) is 0 Å². The van der Waals surface area contributed by atoms with Crippen molar-refractivity contribution in [2.75, 3.05) is 27.4 Å². The second-order valence-electron chi connectivity index (χ2n) is 4.73. The highest BCUT2D eigenvalue weighted by Gasteiger charge is 2.14. The molecule has 0 fully saturated rings. The van der Waals surface area contributed by atoms with E-state index in [0.29, 0.717) is 12.0 Å². The second-order valence-corrected chi connectivity index (χ2v) is 4.73. The number of hydrogen-bond donors (Lipinski definition) is 1. The number of methoxy groups -OCH3 is 2. The lowest BCUT2D eigenvalue weighted by molar-refractivity contribution is 0.192. The van der Waals surface area contributed by atoms with E-state index in [4.69, 9.17) is 9.47 Å². The lowest BCUT2D eigenvalue weighted by atomic mass is 9.94. The SMILES string of the molecule is COCCNC(C)C(C)Cc1ccccc1OC. The molecule has 2 atom stereocenters. The molecule has 0 radical (unpaired) electrons. The fourth-order valence-corrected chi connectivity index (χ4v) is 1.99. The molecular weight excluding hydrogens is 226 g/mol. The monoisotopic (exact) mass is 251 g/mol. The van der Waals surface area contributed by atoms with Gasteiger partial charge < -0.3 is 14.8 Å². The van der Waals surface area contributed by atoms with Crippen LogP contribution in [0.15, 0.2) is 24.3 Å². The lowest BCUT2D eigenvalue weighted by Gasteiger charge is -2.22. The molecule has 0 aliphatic carbocycles. The van der Waals surface area contributed by atoms with Crippen molar-refractivity contribution in [2.24, 2.45) is 5.92 Å². The summed E-state index contributed by atoms with van der Waals surface area (Å²) < 4.78 is 10.4. The number of benzene rings is 1. The maximum Gasteiger partial charge on any atom is 0.122 e. The van der Waals surface area contributed by atoms with Crippen LogP contribution in [0, 0.1) is 5.92 Å². The van der Waals surface area contributed by atoms with Gasteiger partial charge in [-0.15, -0.1) is 0 Å². The van der Waals surface area contributed by atoms with E-state index < -0.39 is 0 Å². The largest absolute Gasteiger partial charge is 0.496 e. The second kappa shape index (κ2) is 8.11. The van der Waals surface area contributed by atoms with Crippen molar-refractivity contribution in [3.05, 3.63) is 29.8 Å². The van der Waals surface area contributed by atoms with Crippen LogP contribution in [-0.4, -0.2) is 33.4 Å². The third-order valence-corrected chi connectivity index (χ3v) is 3.36. The van der Waals surface area contributed by atoms with Crippen molar-refractivity contribution in [2.45, 2.75) is 26.3 Å². The molecule has 2 unspecified atom stereocenters. The molecule has 1 aromatic rings. The molecule has 102 valence electrons. The summed E-state index contributed by atoms with van der Waals surface area (Å²) >= 11 is 0. The predicted octanol–water partition coefficient (Wildman–Crippen LogP) is 2.50. The van der Waals surface area contributed by atoms with E-state index in [1.807, 2.05) is 12.1 Å². The van der Waals surface area contributed by atoms with Crippen molar-refractivity contribution in [3.63, 3.8) is 0 Å². The molecule has 1 N–H and O–H groups in total. The average Bonchev–Trinajstić information content (AvgIpc) is 2.39. The number of rotatable bonds is 8. The Bertz CT molecular complexity index is 341. The normalized spacial score (nSPS) is 14.2. The summed E-state index contributed by atoms with van der Waals surface area (Å²) in [5.74, 6) is 1.53. The minimum absolute atomic E-state index is 0.463. The molecule has 3 heteroatoms. The third kappa shape index (κ3) is 4.67. The first-order valence-corrected chi connectivity index (χ1v) is 6.53. The molecule has 0 bridgehead atoms. The molecule has 0 aliphatic heterocycles. The quantitative estimate of drug-likeness (QED) is 0.720. The Morgan fingerprint density at radius 3 is 2.56 bits per heavy atom.